The lowest BCUT2D eigenvalue weighted by molar-refractivity contribution is -0.146. The van der Waals surface area contributed by atoms with Crippen LogP contribution in [0.5, 0.6) is 17.2 Å². The van der Waals surface area contributed by atoms with Gasteiger partial charge in [0.05, 0.1) is 16.3 Å². The molecule has 2 aromatic rings. The molecule has 3 rings (SSSR count). The molecule has 0 spiro atoms. The van der Waals surface area contributed by atoms with Gasteiger partial charge in [-0.2, -0.15) is 13.2 Å². The largest absolute Gasteiger partial charge is 0.465 e. The fraction of sp³-hybridized carbons (Fsp3) is 0.222. The van der Waals surface area contributed by atoms with E-state index in [1.165, 1.54) is 37.1 Å². The Hall–Kier alpha value is -2.94. The number of halogens is 4. The molecule has 1 atom stereocenters. The third-order valence-corrected chi connectivity index (χ3v) is 4.57. The highest BCUT2D eigenvalue weighted by atomic mass is 35.5. The first-order valence-electron chi connectivity index (χ1n) is 7.89. The zero-order chi connectivity index (χ0) is 20.9. The third kappa shape index (κ3) is 3.33. The molecule has 2 N–H and O–H groups in total. The van der Waals surface area contributed by atoms with Crippen molar-refractivity contribution in [2.24, 2.45) is 5.73 Å². The van der Waals surface area contributed by atoms with Gasteiger partial charge in [0.25, 0.3) is 17.4 Å². The van der Waals surface area contributed by atoms with E-state index in [4.69, 9.17) is 26.8 Å². The molecule has 1 unspecified atom stereocenters. The summed E-state index contributed by atoms with van der Waals surface area (Å²) >= 11 is 5.89. The van der Waals surface area contributed by atoms with Crippen LogP contribution in [0.4, 0.5) is 18.9 Å². The maximum Gasteiger partial charge on any atom is 0.416 e. The van der Waals surface area contributed by atoms with Crippen molar-refractivity contribution in [3.8, 4) is 17.2 Å². The number of amides is 2. The number of nitrogens with zero attached hydrogens (tertiary/aromatic N) is 1. The van der Waals surface area contributed by atoms with Crippen molar-refractivity contribution in [2.45, 2.75) is 18.7 Å². The van der Waals surface area contributed by atoms with Crippen LogP contribution in [0.3, 0.4) is 0 Å². The van der Waals surface area contributed by atoms with Crippen LogP contribution in [0.15, 0.2) is 36.4 Å². The predicted molar refractivity (Wildman–Crippen MR) is 94.6 cm³/mol. The molecular weight excluding hydrogens is 401 g/mol. The lowest BCUT2D eigenvalue weighted by Crippen LogP contribution is -2.60. The second kappa shape index (κ2) is 6.59. The average Bonchev–Trinajstić information content (AvgIpc) is 2.60. The minimum atomic E-state index is -4.53. The van der Waals surface area contributed by atoms with E-state index in [0.29, 0.717) is 5.69 Å². The maximum atomic E-state index is 12.7. The van der Waals surface area contributed by atoms with Crippen LogP contribution < -0.4 is 20.1 Å². The molecular formula is C18H14ClF3N2O4. The summed E-state index contributed by atoms with van der Waals surface area (Å²) in [5.74, 6) is -1.29. The van der Waals surface area contributed by atoms with Crippen molar-refractivity contribution in [2.75, 3.05) is 11.9 Å². The fourth-order valence-corrected chi connectivity index (χ4v) is 2.87. The normalized spacial score (nSPS) is 19.1. The van der Waals surface area contributed by atoms with Gasteiger partial charge in [-0.1, -0.05) is 11.6 Å². The quantitative estimate of drug-likeness (QED) is 0.775. The first-order valence-corrected chi connectivity index (χ1v) is 8.27. The summed E-state index contributed by atoms with van der Waals surface area (Å²) in [6.45, 7) is 1.25. The number of anilines is 1. The summed E-state index contributed by atoms with van der Waals surface area (Å²) in [5.41, 5.74) is 2.86. The van der Waals surface area contributed by atoms with Gasteiger partial charge in [-0.25, -0.2) is 0 Å². The second-order valence-corrected chi connectivity index (χ2v) is 6.65. The van der Waals surface area contributed by atoms with Crippen molar-refractivity contribution in [1.29, 1.82) is 0 Å². The Bertz CT molecular complexity index is 980. The van der Waals surface area contributed by atoms with Crippen LogP contribution in [0, 0.1) is 0 Å². The van der Waals surface area contributed by atoms with Crippen LogP contribution in [0.1, 0.15) is 12.5 Å². The summed E-state index contributed by atoms with van der Waals surface area (Å²) in [7, 11) is 1.46. The number of ether oxygens (including phenoxy) is 2. The van der Waals surface area contributed by atoms with Crippen LogP contribution in [0.25, 0.3) is 0 Å². The molecule has 148 valence electrons. The van der Waals surface area contributed by atoms with Gasteiger partial charge in [-0.05, 0) is 37.3 Å². The standard InChI is InChI=1S/C18H14ClF3N2O4/c1-17(15(23)25)16(26)24(2)12-5-4-10(8-14(12)28-17)27-13-6-3-9(7-11(13)19)18(20,21)22/h3-8H,1-2H3,(H2,23,25). The molecule has 28 heavy (non-hydrogen) atoms. The average molecular weight is 415 g/mol. The number of carbonyl (C=O) groups is 2. The third-order valence-electron chi connectivity index (χ3n) is 4.28. The first-order chi connectivity index (χ1) is 12.9. The van der Waals surface area contributed by atoms with Crippen LogP contribution in [0.2, 0.25) is 5.02 Å². The Morgan fingerprint density at radius 1 is 1.25 bits per heavy atom. The van der Waals surface area contributed by atoms with Crippen molar-refractivity contribution < 1.29 is 32.2 Å². The lowest BCUT2D eigenvalue weighted by atomic mass is 10.0. The summed E-state index contributed by atoms with van der Waals surface area (Å²) in [4.78, 5) is 25.2. The van der Waals surface area contributed by atoms with Gasteiger partial charge < -0.3 is 20.1 Å². The number of alkyl halides is 3. The van der Waals surface area contributed by atoms with Gasteiger partial charge in [0, 0.05) is 13.1 Å². The Morgan fingerprint density at radius 3 is 2.50 bits per heavy atom. The lowest BCUT2D eigenvalue weighted by Gasteiger charge is -2.37. The van der Waals surface area contributed by atoms with Crippen molar-refractivity contribution in [3.63, 3.8) is 0 Å². The zero-order valence-corrected chi connectivity index (χ0v) is 15.4. The monoisotopic (exact) mass is 414 g/mol. The van der Waals surface area contributed by atoms with E-state index < -0.39 is 29.2 Å². The predicted octanol–water partition coefficient (Wildman–Crippen LogP) is 3.75. The Kier molecular flexibility index (Phi) is 4.66. The molecule has 10 heteroatoms. The Labute approximate surface area is 162 Å². The maximum absolute atomic E-state index is 12.7. The van der Waals surface area contributed by atoms with E-state index >= 15 is 0 Å². The van der Waals surface area contributed by atoms with E-state index in [0.717, 1.165) is 18.2 Å². The van der Waals surface area contributed by atoms with E-state index in [1.54, 1.807) is 0 Å². The molecule has 0 bridgehead atoms. The van der Waals surface area contributed by atoms with Crippen LogP contribution in [-0.2, 0) is 15.8 Å². The Balaban J connectivity index is 1.93. The molecule has 2 aromatic carbocycles. The summed E-state index contributed by atoms with van der Waals surface area (Å²) in [6, 6.07) is 7.05. The molecule has 0 fully saturated rings. The van der Waals surface area contributed by atoms with Gasteiger partial charge in [0.2, 0.25) is 0 Å². The highest BCUT2D eigenvalue weighted by Gasteiger charge is 2.48. The van der Waals surface area contributed by atoms with E-state index in [9.17, 15) is 22.8 Å². The molecule has 2 amide bonds. The zero-order valence-electron chi connectivity index (χ0n) is 14.6. The van der Waals surface area contributed by atoms with Gasteiger partial charge in [-0.3, -0.25) is 9.59 Å². The molecule has 0 aromatic heterocycles. The van der Waals surface area contributed by atoms with E-state index in [-0.39, 0.29) is 22.3 Å². The smallest absolute Gasteiger partial charge is 0.416 e. The highest BCUT2D eigenvalue weighted by Crippen LogP contribution is 2.42. The number of benzene rings is 2. The minimum Gasteiger partial charge on any atom is -0.465 e. The molecule has 1 aliphatic rings. The number of hydrogen-bond donors (Lipinski definition) is 1. The number of hydrogen-bond acceptors (Lipinski definition) is 4. The van der Waals surface area contributed by atoms with Crippen LogP contribution >= 0.6 is 11.6 Å². The second-order valence-electron chi connectivity index (χ2n) is 6.24. The molecule has 0 saturated heterocycles. The summed E-state index contributed by atoms with van der Waals surface area (Å²) in [6.07, 6.45) is -4.53. The fourth-order valence-electron chi connectivity index (χ4n) is 2.65. The number of fused-ring (bicyclic) bond motifs is 1. The Morgan fingerprint density at radius 2 is 1.93 bits per heavy atom. The van der Waals surface area contributed by atoms with Gasteiger partial charge >= 0.3 is 6.18 Å². The summed E-state index contributed by atoms with van der Waals surface area (Å²) < 4.78 is 49.2. The molecule has 0 saturated carbocycles. The number of rotatable bonds is 3. The van der Waals surface area contributed by atoms with Gasteiger partial charge in [0.1, 0.15) is 17.2 Å². The topological polar surface area (TPSA) is 81.9 Å². The SMILES string of the molecule is CN1C(=O)C(C)(C(N)=O)Oc2cc(Oc3ccc(C(F)(F)F)cc3Cl)ccc21. The van der Waals surface area contributed by atoms with Crippen LogP contribution in [-0.4, -0.2) is 24.5 Å². The number of primary amides is 1. The molecule has 1 heterocycles. The van der Waals surface area contributed by atoms with Gasteiger partial charge in [0.15, 0.2) is 0 Å². The van der Waals surface area contributed by atoms with Crippen molar-refractivity contribution in [1.82, 2.24) is 0 Å². The molecule has 0 radical (unpaired) electrons. The molecule has 1 aliphatic heterocycles. The number of carbonyl (C=O) groups excluding carboxylic acids is 2. The van der Waals surface area contributed by atoms with Gasteiger partial charge in [-0.15, -0.1) is 0 Å². The van der Waals surface area contributed by atoms with E-state index in [1.807, 2.05) is 0 Å². The van der Waals surface area contributed by atoms with Crippen molar-refractivity contribution >= 4 is 29.1 Å². The minimum absolute atomic E-state index is 0.00693. The molecule has 6 nitrogen and oxygen atoms in total. The summed E-state index contributed by atoms with van der Waals surface area (Å²) in [5, 5.41) is -0.234. The highest BCUT2D eigenvalue weighted by molar-refractivity contribution is 6.32. The first kappa shape index (κ1) is 19.8. The van der Waals surface area contributed by atoms with E-state index in [2.05, 4.69) is 0 Å². The number of likely N-dealkylation sites (N-methyl/N-ethyl adjacent to an activating group) is 1. The van der Waals surface area contributed by atoms with Crippen molar-refractivity contribution in [3.05, 3.63) is 47.0 Å². The number of nitrogens with two attached hydrogens (primary N) is 1. The molecule has 0 aliphatic carbocycles.